The van der Waals surface area contributed by atoms with Gasteiger partial charge in [0.25, 0.3) is 0 Å². The van der Waals surface area contributed by atoms with Crippen LogP contribution in [0.25, 0.3) is 11.3 Å². The van der Waals surface area contributed by atoms with Crippen molar-refractivity contribution in [2.24, 2.45) is 0 Å². The first-order valence-electron chi connectivity index (χ1n) is 10.7. The third-order valence-electron chi connectivity index (χ3n) is 6.05. The minimum Gasteiger partial charge on any atom is -0.354 e. The van der Waals surface area contributed by atoms with Gasteiger partial charge in [0.1, 0.15) is 11.6 Å². The van der Waals surface area contributed by atoms with Crippen molar-refractivity contribution in [1.82, 2.24) is 20.2 Å². The van der Waals surface area contributed by atoms with Crippen LogP contribution in [0.4, 0.5) is 14.7 Å². The van der Waals surface area contributed by atoms with Crippen molar-refractivity contribution in [3.05, 3.63) is 77.5 Å². The van der Waals surface area contributed by atoms with Gasteiger partial charge in [0.15, 0.2) is 0 Å². The molecule has 0 spiro atoms. The predicted molar refractivity (Wildman–Crippen MR) is 117 cm³/mol. The maximum Gasteiger partial charge on any atom is 0.223 e. The van der Waals surface area contributed by atoms with Gasteiger partial charge >= 0.3 is 0 Å². The number of rotatable bonds is 7. The van der Waals surface area contributed by atoms with Crippen LogP contribution in [0, 0.1) is 11.6 Å². The molecule has 1 aromatic heterocycles. The molecule has 0 aliphatic carbocycles. The Morgan fingerprint density at radius 1 is 1.06 bits per heavy atom. The number of fused-ring (bicyclic) bond motifs is 2. The topological polar surface area (TPSA) is 53.1 Å². The SMILES string of the molecule is Fc1cc(F)cc(CCNc2nccc(-c3cccc(CN4CC5CC4CN5)c3)n2)c1. The monoisotopic (exact) mass is 421 g/mol. The summed E-state index contributed by atoms with van der Waals surface area (Å²) < 4.78 is 26.7. The predicted octanol–water partition coefficient (Wildman–Crippen LogP) is 3.62. The second kappa shape index (κ2) is 8.69. The highest BCUT2D eigenvalue weighted by Crippen LogP contribution is 2.26. The van der Waals surface area contributed by atoms with Crippen molar-refractivity contribution in [3.8, 4) is 11.3 Å². The molecule has 2 N–H and O–H groups in total. The number of hydrogen-bond donors (Lipinski definition) is 2. The summed E-state index contributed by atoms with van der Waals surface area (Å²) in [6.45, 7) is 3.65. The molecule has 5 rings (SSSR count). The van der Waals surface area contributed by atoms with Gasteiger partial charge in [-0.1, -0.05) is 18.2 Å². The van der Waals surface area contributed by atoms with Crippen molar-refractivity contribution >= 4 is 5.95 Å². The molecule has 160 valence electrons. The maximum atomic E-state index is 13.3. The van der Waals surface area contributed by atoms with Crippen LogP contribution in [0.15, 0.2) is 54.7 Å². The van der Waals surface area contributed by atoms with Crippen LogP contribution in [-0.2, 0) is 13.0 Å². The van der Waals surface area contributed by atoms with Crippen LogP contribution in [0.1, 0.15) is 17.5 Å². The van der Waals surface area contributed by atoms with E-state index < -0.39 is 11.6 Å². The highest BCUT2D eigenvalue weighted by Gasteiger charge is 2.37. The fourth-order valence-electron chi connectivity index (χ4n) is 4.58. The van der Waals surface area contributed by atoms with E-state index in [2.05, 4.69) is 49.8 Å². The molecule has 2 fully saturated rings. The summed E-state index contributed by atoms with van der Waals surface area (Å²) >= 11 is 0. The number of anilines is 1. The number of nitrogens with one attached hydrogen (secondary N) is 2. The molecule has 3 heterocycles. The quantitative estimate of drug-likeness (QED) is 0.610. The summed E-state index contributed by atoms with van der Waals surface area (Å²) in [6, 6.07) is 15.3. The van der Waals surface area contributed by atoms with Crippen LogP contribution in [0.3, 0.4) is 0 Å². The number of halogens is 2. The lowest BCUT2D eigenvalue weighted by Crippen LogP contribution is -2.42. The lowest BCUT2D eigenvalue weighted by Gasteiger charge is -2.27. The minimum atomic E-state index is -0.564. The van der Waals surface area contributed by atoms with Gasteiger partial charge in [-0.05, 0) is 48.2 Å². The largest absolute Gasteiger partial charge is 0.354 e. The van der Waals surface area contributed by atoms with Gasteiger partial charge in [-0.3, -0.25) is 4.90 Å². The van der Waals surface area contributed by atoms with Crippen LogP contribution >= 0.6 is 0 Å². The van der Waals surface area contributed by atoms with Crippen LogP contribution < -0.4 is 10.6 Å². The van der Waals surface area contributed by atoms with E-state index in [1.54, 1.807) is 6.20 Å². The summed E-state index contributed by atoms with van der Waals surface area (Å²) in [4.78, 5) is 11.5. The number of aromatic nitrogens is 2. The normalized spacial score (nSPS) is 20.3. The molecule has 7 heteroatoms. The highest BCUT2D eigenvalue weighted by atomic mass is 19.1. The average Bonchev–Trinajstić information content (AvgIpc) is 3.37. The van der Waals surface area contributed by atoms with Crippen molar-refractivity contribution in [2.75, 3.05) is 25.0 Å². The Morgan fingerprint density at radius 3 is 2.71 bits per heavy atom. The summed E-state index contributed by atoms with van der Waals surface area (Å²) in [7, 11) is 0. The summed E-state index contributed by atoms with van der Waals surface area (Å²) in [5, 5.41) is 6.70. The molecule has 2 atom stereocenters. The lowest BCUT2D eigenvalue weighted by molar-refractivity contribution is 0.218. The van der Waals surface area contributed by atoms with Crippen LogP contribution in [-0.4, -0.2) is 46.6 Å². The standard InChI is InChI=1S/C24H25F2N5/c25-19-9-16(10-20(26)11-19)4-6-27-24-28-7-5-23(30-24)18-3-1-2-17(8-18)14-31-15-21-12-22(31)13-29-21/h1-3,5,7-11,21-22,29H,4,6,12-15H2,(H,27,28,30). The minimum absolute atomic E-state index is 0.477. The molecule has 2 unspecified atom stereocenters. The Labute approximate surface area is 180 Å². The van der Waals surface area contributed by atoms with E-state index in [9.17, 15) is 8.78 Å². The zero-order chi connectivity index (χ0) is 21.2. The average molecular weight is 421 g/mol. The first kappa shape index (κ1) is 20.0. The van der Waals surface area contributed by atoms with Crippen molar-refractivity contribution < 1.29 is 8.78 Å². The molecule has 5 nitrogen and oxygen atoms in total. The van der Waals surface area contributed by atoms with E-state index in [0.717, 1.165) is 37.0 Å². The van der Waals surface area contributed by atoms with E-state index in [0.29, 0.717) is 36.6 Å². The third kappa shape index (κ3) is 4.73. The van der Waals surface area contributed by atoms with Gasteiger partial charge in [-0.25, -0.2) is 18.7 Å². The summed E-state index contributed by atoms with van der Waals surface area (Å²) in [6.07, 6.45) is 3.46. The Bertz CT molecular complexity index is 1050. The van der Waals surface area contributed by atoms with Crippen molar-refractivity contribution in [1.29, 1.82) is 0 Å². The Kier molecular flexibility index (Phi) is 5.61. The Morgan fingerprint density at radius 2 is 1.94 bits per heavy atom. The van der Waals surface area contributed by atoms with E-state index in [1.165, 1.54) is 24.1 Å². The van der Waals surface area contributed by atoms with Crippen LogP contribution in [0.2, 0.25) is 0 Å². The molecule has 2 bridgehead atoms. The molecular weight excluding hydrogens is 396 g/mol. The molecule has 2 aliphatic heterocycles. The summed E-state index contributed by atoms with van der Waals surface area (Å²) in [5.74, 6) is -0.625. The molecule has 3 aromatic rings. The molecule has 2 aliphatic rings. The van der Waals surface area contributed by atoms with Gasteiger partial charge in [-0.2, -0.15) is 0 Å². The molecule has 2 aromatic carbocycles. The number of nitrogens with zero attached hydrogens (tertiary/aromatic N) is 3. The zero-order valence-electron chi connectivity index (χ0n) is 17.2. The number of likely N-dealkylation sites (tertiary alicyclic amines) is 1. The van der Waals surface area contributed by atoms with Crippen molar-refractivity contribution in [2.45, 2.75) is 31.5 Å². The summed E-state index contributed by atoms with van der Waals surface area (Å²) in [5.41, 5.74) is 3.78. The van der Waals surface area contributed by atoms with E-state index in [4.69, 9.17) is 0 Å². The molecular formula is C24H25F2N5. The molecule has 2 saturated heterocycles. The second-order valence-corrected chi connectivity index (χ2v) is 8.34. The lowest BCUT2D eigenvalue weighted by atomic mass is 10.1. The van der Waals surface area contributed by atoms with Crippen molar-refractivity contribution in [3.63, 3.8) is 0 Å². The van der Waals surface area contributed by atoms with Gasteiger partial charge < -0.3 is 10.6 Å². The maximum absolute atomic E-state index is 13.3. The number of piperazine rings is 1. The Hall–Kier alpha value is -2.90. The second-order valence-electron chi connectivity index (χ2n) is 8.34. The number of hydrogen-bond acceptors (Lipinski definition) is 5. The first-order valence-corrected chi connectivity index (χ1v) is 10.7. The van der Waals surface area contributed by atoms with Crippen LogP contribution in [0.5, 0.6) is 0 Å². The molecule has 0 radical (unpaired) electrons. The fraction of sp³-hybridized carbons (Fsp3) is 0.333. The molecule has 31 heavy (non-hydrogen) atoms. The van der Waals surface area contributed by atoms with Gasteiger partial charge in [0.05, 0.1) is 5.69 Å². The number of benzene rings is 2. The van der Waals surface area contributed by atoms with Gasteiger partial charge in [0, 0.05) is 56.1 Å². The molecule has 0 amide bonds. The first-order chi connectivity index (χ1) is 15.1. The van der Waals surface area contributed by atoms with E-state index >= 15 is 0 Å². The fourth-order valence-corrected chi connectivity index (χ4v) is 4.58. The smallest absolute Gasteiger partial charge is 0.223 e. The highest BCUT2D eigenvalue weighted by molar-refractivity contribution is 5.61. The molecule has 0 saturated carbocycles. The van der Waals surface area contributed by atoms with E-state index in [1.807, 2.05) is 6.07 Å². The third-order valence-corrected chi connectivity index (χ3v) is 6.05. The van der Waals surface area contributed by atoms with E-state index in [-0.39, 0.29) is 0 Å². The Balaban J connectivity index is 1.23. The zero-order valence-corrected chi connectivity index (χ0v) is 17.2. The van der Waals surface area contributed by atoms with Gasteiger partial charge in [-0.15, -0.1) is 0 Å². The van der Waals surface area contributed by atoms with Gasteiger partial charge in [0.2, 0.25) is 5.95 Å².